The molecule has 0 saturated heterocycles. The molecule has 2 aromatic carbocycles. The number of aryl methyl sites for hydroxylation is 1. The maximum atomic E-state index is 11.1. The van der Waals surface area contributed by atoms with Crippen molar-refractivity contribution in [2.24, 2.45) is 0 Å². The number of hydrogen-bond donors (Lipinski definition) is 1. The van der Waals surface area contributed by atoms with Gasteiger partial charge in [0.2, 0.25) is 5.52 Å². The SMILES string of the molecule is O=S(=O)(O)CCCC[n+]1c(/C=C/c2ccc3c(c2)OCCSCCSCCSCCSCCO3)sc2ccccc21. The molecule has 0 amide bonds. The predicted molar refractivity (Wildman–Crippen MR) is 183 cm³/mol. The lowest BCUT2D eigenvalue weighted by Gasteiger charge is -2.14. The number of thiazole rings is 1. The molecule has 2 heterocycles. The molecule has 1 aliphatic rings. The molecule has 224 valence electrons. The summed E-state index contributed by atoms with van der Waals surface area (Å²) in [6.45, 7) is 1.97. The molecule has 0 saturated carbocycles. The van der Waals surface area contributed by atoms with Crippen LogP contribution in [-0.2, 0) is 16.7 Å². The van der Waals surface area contributed by atoms with Crippen LogP contribution in [0.2, 0.25) is 0 Å². The highest BCUT2D eigenvalue weighted by Gasteiger charge is 2.18. The Hall–Kier alpha value is -1.02. The molecule has 3 aromatic rings. The molecule has 1 aliphatic heterocycles. The third kappa shape index (κ3) is 11.9. The first kappa shape index (κ1) is 32.9. The van der Waals surface area contributed by atoms with Gasteiger partial charge in [-0.1, -0.05) is 29.5 Å². The normalized spacial score (nSPS) is 16.9. The minimum Gasteiger partial charge on any atom is -0.489 e. The Labute approximate surface area is 265 Å². The van der Waals surface area contributed by atoms with E-state index >= 15 is 0 Å². The maximum Gasteiger partial charge on any atom is 0.264 e. The molecule has 0 spiro atoms. The lowest BCUT2D eigenvalue weighted by atomic mass is 10.2. The van der Waals surface area contributed by atoms with Gasteiger partial charge in [-0.3, -0.25) is 4.55 Å². The molecule has 0 fully saturated rings. The van der Waals surface area contributed by atoms with E-state index in [0.717, 1.165) is 50.6 Å². The molecule has 0 aliphatic carbocycles. The molecule has 1 aromatic heterocycles. The number of unbranched alkanes of at least 4 members (excludes halogenated alkanes) is 1. The van der Waals surface area contributed by atoms with Crippen LogP contribution in [0.1, 0.15) is 23.4 Å². The van der Waals surface area contributed by atoms with Crippen LogP contribution in [0.3, 0.4) is 0 Å². The molecule has 0 bridgehead atoms. The van der Waals surface area contributed by atoms with Crippen molar-refractivity contribution < 1.29 is 27.0 Å². The number of para-hydroxylation sites is 1. The number of benzene rings is 2. The van der Waals surface area contributed by atoms with Crippen LogP contribution in [0.5, 0.6) is 11.5 Å². The zero-order chi connectivity index (χ0) is 28.8. The molecule has 1 N–H and O–H groups in total. The lowest BCUT2D eigenvalue weighted by Crippen LogP contribution is -2.35. The molecular formula is C29H38NO5S6+. The summed E-state index contributed by atoms with van der Waals surface area (Å²) in [4.78, 5) is 0. The van der Waals surface area contributed by atoms with Gasteiger partial charge in [0.05, 0.1) is 19.0 Å². The van der Waals surface area contributed by atoms with E-state index in [9.17, 15) is 8.42 Å². The molecule has 4 rings (SSSR count). The van der Waals surface area contributed by atoms with E-state index in [1.54, 1.807) is 11.3 Å². The predicted octanol–water partition coefficient (Wildman–Crippen LogP) is 6.73. The summed E-state index contributed by atoms with van der Waals surface area (Å²) in [5.41, 5.74) is 2.15. The molecule has 6 nitrogen and oxygen atoms in total. The number of nitrogens with zero attached hydrogens (tertiary/aromatic N) is 1. The van der Waals surface area contributed by atoms with Gasteiger partial charge < -0.3 is 9.47 Å². The van der Waals surface area contributed by atoms with Gasteiger partial charge in [-0.05, 0) is 36.3 Å². The molecule has 0 unspecified atom stereocenters. The first-order valence-electron chi connectivity index (χ1n) is 13.7. The van der Waals surface area contributed by atoms with E-state index in [0.29, 0.717) is 32.6 Å². The van der Waals surface area contributed by atoms with E-state index in [4.69, 9.17) is 14.0 Å². The number of ether oxygens (including phenoxy) is 2. The van der Waals surface area contributed by atoms with E-state index < -0.39 is 10.1 Å². The number of thioether (sulfide) groups is 4. The van der Waals surface area contributed by atoms with Crippen LogP contribution < -0.4 is 14.0 Å². The Kier molecular flexibility index (Phi) is 14.4. The van der Waals surface area contributed by atoms with Gasteiger partial charge in [0.15, 0.2) is 18.0 Å². The van der Waals surface area contributed by atoms with Crippen molar-refractivity contribution in [1.82, 2.24) is 0 Å². The second-order valence-corrected chi connectivity index (χ2v) is 16.8. The minimum absolute atomic E-state index is 0.215. The van der Waals surface area contributed by atoms with Crippen molar-refractivity contribution >= 4 is 90.9 Å². The van der Waals surface area contributed by atoms with Crippen molar-refractivity contribution in [2.45, 2.75) is 19.4 Å². The minimum atomic E-state index is -3.94. The monoisotopic (exact) mass is 672 g/mol. The fraction of sp³-hybridized carbons (Fsp3) is 0.483. The summed E-state index contributed by atoms with van der Waals surface area (Å²) in [6, 6.07) is 14.4. The Morgan fingerprint density at radius 3 is 2.10 bits per heavy atom. The zero-order valence-electron chi connectivity index (χ0n) is 23.1. The fourth-order valence-electron chi connectivity index (χ4n) is 4.17. The number of fused-ring (bicyclic) bond motifs is 2. The molecule has 12 heteroatoms. The molecule has 0 atom stereocenters. The number of rotatable bonds is 7. The van der Waals surface area contributed by atoms with Crippen molar-refractivity contribution in [2.75, 3.05) is 65.0 Å². The summed E-state index contributed by atoms with van der Waals surface area (Å²) in [7, 11) is -3.94. The Morgan fingerprint density at radius 2 is 1.41 bits per heavy atom. The van der Waals surface area contributed by atoms with E-state index in [-0.39, 0.29) is 5.75 Å². The summed E-state index contributed by atoms with van der Waals surface area (Å²) in [6.07, 6.45) is 5.27. The van der Waals surface area contributed by atoms with Crippen molar-refractivity contribution in [3.05, 3.63) is 53.0 Å². The van der Waals surface area contributed by atoms with Crippen LogP contribution in [0.25, 0.3) is 22.4 Å². The lowest BCUT2D eigenvalue weighted by molar-refractivity contribution is -0.669. The van der Waals surface area contributed by atoms with Crippen LogP contribution in [0.15, 0.2) is 42.5 Å². The van der Waals surface area contributed by atoms with Gasteiger partial charge in [-0.25, -0.2) is 0 Å². The first-order valence-corrected chi connectivity index (χ1v) is 20.8. The number of hydrogen-bond acceptors (Lipinski definition) is 9. The molecular weight excluding hydrogens is 635 g/mol. The molecule has 0 radical (unpaired) electrons. The smallest absolute Gasteiger partial charge is 0.264 e. The summed E-state index contributed by atoms with van der Waals surface area (Å²) < 4.78 is 47.1. The van der Waals surface area contributed by atoms with Crippen LogP contribution in [0.4, 0.5) is 0 Å². The van der Waals surface area contributed by atoms with Crippen LogP contribution in [0, 0.1) is 0 Å². The van der Waals surface area contributed by atoms with Crippen LogP contribution in [-0.4, -0.2) is 78.0 Å². The largest absolute Gasteiger partial charge is 0.489 e. The van der Waals surface area contributed by atoms with Crippen molar-refractivity contribution in [3.8, 4) is 11.5 Å². The average Bonchev–Trinajstić information content (AvgIpc) is 3.31. The van der Waals surface area contributed by atoms with Crippen molar-refractivity contribution in [1.29, 1.82) is 0 Å². The summed E-state index contributed by atoms with van der Waals surface area (Å²) in [5, 5.41) is 1.08. The highest BCUT2D eigenvalue weighted by Crippen LogP contribution is 2.30. The average molecular weight is 673 g/mol. The molecule has 41 heavy (non-hydrogen) atoms. The fourth-order valence-corrected chi connectivity index (χ4v) is 9.88. The van der Waals surface area contributed by atoms with Crippen LogP contribution >= 0.6 is 58.4 Å². The quantitative estimate of drug-likeness (QED) is 0.167. The highest BCUT2D eigenvalue weighted by molar-refractivity contribution is 8.05. The highest BCUT2D eigenvalue weighted by atomic mass is 32.2. The van der Waals surface area contributed by atoms with E-state index in [2.05, 4.69) is 41.0 Å². The van der Waals surface area contributed by atoms with Gasteiger partial charge in [0.1, 0.15) is 4.70 Å². The third-order valence-corrected chi connectivity index (χ3v) is 12.7. The van der Waals surface area contributed by atoms with E-state index in [1.807, 2.05) is 65.2 Å². The van der Waals surface area contributed by atoms with Gasteiger partial charge >= 0.3 is 0 Å². The first-order chi connectivity index (χ1) is 20.0. The summed E-state index contributed by atoms with van der Waals surface area (Å²) in [5.74, 6) is 10.4. The summed E-state index contributed by atoms with van der Waals surface area (Å²) >= 11 is 9.68. The number of aromatic nitrogens is 1. The standard InChI is InChI=1S/C29H37NO5S6/c31-41(32,33)22-4-3-11-30-25-5-1-2-6-28(25)40-29(30)10-8-24-7-9-26-27(23-24)35-13-15-37-17-19-39-21-20-38-18-16-36-14-12-34-26/h1-2,5-10,23H,3-4,11-22H2/p+1/b10-8+. The zero-order valence-corrected chi connectivity index (χ0v) is 28.0. The van der Waals surface area contributed by atoms with Gasteiger partial charge in [-0.2, -0.15) is 60.0 Å². The Bertz CT molecular complexity index is 1360. The van der Waals surface area contributed by atoms with Crippen molar-refractivity contribution in [3.63, 3.8) is 0 Å². The Balaban J connectivity index is 1.46. The topological polar surface area (TPSA) is 76.7 Å². The van der Waals surface area contributed by atoms with Gasteiger partial charge in [0.25, 0.3) is 15.1 Å². The second-order valence-electron chi connectivity index (χ2n) is 9.24. The second kappa shape index (κ2) is 17.9. The Morgan fingerprint density at radius 1 is 0.780 bits per heavy atom. The maximum absolute atomic E-state index is 11.1. The van der Waals surface area contributed by atoms with E-state index in [1.165, 1.54) is 27.7 Å². The third-order valence-electron chi connectivity index (χ3n) is 6.14. The van der Waals surface area contributed by atoms with Gasteiger partial charge in [0, 0.05) is 64.6 Å². The van der Waals surface area contributed by atoms with Gasteiger partial charge in [-0.15, -0.1) is 0 Å².